The lowest BCUT2D eigenvalue weighted by Gasteiger charge is -2.22. The van der Waals surface area contributed by atoms with E-state index in [1.807, 2.05) is 30.3 Å². The van der Waals surface area contributed by atoms with Gasteiger partial charge in [-0.3, -0.25) is 0 Å². The summed E-state index contributed by atoms with van der Waals surface area (Å²) in [6.45, 7) is 0.730. The van der Waals surface area contributed by atoms with Crippen molar-refractivity contribution >= 4 is 16.0 Å². The Hall–Kier alpha value is -2.22. The van der Waals surface area contributed by atoms with E-state index in [9.17, 15) is 13.2 Å². The fourth-order valence-electron chi connectivity index (χ4n) is 2.45. The standard InChI is InChI=1S/C18H22N2O4S/c1-24-18(21)16-8-5-9-17(14-16)25(22,23)20(13-11-19)12-10-15-6-3-2-4-7-15/h2-9,14H,10-13,19H2,1H3. The van der Waals surface area contributed by atoms with Crippen molar-refractivity contribution in [3.8, 4) is 0 Å². The number of benzene rings is 2. The summed E-state index contributed by atoms with van der Waals surface area (Å²) in [4.78, 5) is 11.7. The number of ether oxygens (including phenoxy) is 1. The van der Waals surface area contributed by atoms with Gasteiger partial charge in [0.2, 0.25) is 10.0 Å². The fraction of sp³-hybridized carbons (Fsp3) is 0.278. The van der Waals surface area contributed by atoms with Crippen LogP contribution in [-0.2, 0) is 21.2 Å². The molecule has 7 heteroatoms. The van der Waals surface area contributed by atoms with Crippen molar-refractivity contribution in [2.24, 2.45) is 5.73 Å². The molecule has 0 bridgehead atoms. The van der Waals surface area contributed by atoms with Crippen LogP contribution < -0.4 is 5.73 Å². The predicted molar refractivity (Wildman–Crippen MR) is 95.7 cm³/mol. The molecule has 0 spiro atoms. The lowest BCUT2D eigenvalue weighted by Crippen LogP contribution is -2.37. The molecule has 0 aromatic heterocycles. The SMILES string of the molecule is COC(=O)c1cccc(S(=O)(=O)N(CCN)CCc2ccccc2)c1. The molecule has 0 unspecified atom stereocenters. The van der Waals surface area contributed by atoms with Crippen molar-refractivity contribution in [2.45, 2.75) is 11.3 Å². The Morgan fingerprint density at radius 3 is 2.44 bits per heavy atom. The first-order valence-corrected chi connectivity index (χ1v) is 9.35. The minimum absolute atomic E-state index is 0.0527. The van der Waals surface area contributed by atoms with Gasteiger partial charge in [-0.2, -0.15) is 4.31 Å². The number of nitrogens with zero attached hydrogens (tertiary/aromatic N) is 1. The third kappa shape index (κ3) is 4.88. The van der Waals surface area contributed by atoms with Crippen LogP contribution in [0.1, 0.15) is 15.9 Å². The molecule has 0 aliphatic carbocycles. The van der Waals surface area contributed by atoms with E-state index in [-0.39, 0.29) is 23.5 Å². The van der Waals surface area contributed by atoms with Gasteiger partial charge in [0.05, 0.1) is 17.6 Å². The summed E-state index contributed by atoms with van der Waals surface area (Å²) in [6.07, 6.45) is 0.580. The van der Waals surface area contributed by atoms with Crippen LogP contribution in [0.2, 0.25) is 0 Å². The van der Waals surface area contributed by atoms with E-state index < -0.39 is 16.0 Å². The van der Waals surface area contributed by atoms with Crippen LogP contribution >= 0.6 is 0 Å². The quantitative estimate of drug-likeness (QED) is 0.722. The zero-order valence-electron chi connectivity index (χ0n) is 14.1. The van der Waals surface area contributed by atoms with Gasteiger partial charge in [0, 0.05) is 19.6 Å². The highest BCUT2D eigenvalue weighted by Crippen LogP contribution is 2.18. The highest BCUT2D eigenvalue weighted by Gasteiger charge is 2.24. The van der Waals surface area contributed by atoms with Gasteiger partial charge in [0.1, 0.15) is 0 Å². The Balaban J connectivity index is 2.25. The van der Waals surface area contributed by atoms with Gasteiger partial charge in [0.15, 0.2) is 0 Å². The van der Waals surface area contributed by atoms with E-state index in [1.165, 1.54) is 35.7 Å². The Bertz CT molecular complexity index is 807. The molecule has 2 aromatic carbocycles. The average molecular weight is 362 g/mol. The van der Waals surface area contributed by atoms with Crippen molar-refractivity contribution in [1.82, 2.24) is 4.31 Å². The maximum Gasteiger partial charge on any atom is 0.337 e. The second kappa shape index (κ2) is 8.75. The van der Waals surface area contributed by atoms with E-state index in [2.05, 4.69) is 4.74 Å². The zero-order chi connectivity index (χ0) is 18.3. The highest BCUT2D eigenvalue weighted by atomic mass is 32.2. The summed E-state index contributed by atoms with van der Waals surface area (Å²) in [5, 5.41) is 0. The summed E-state index contributed by atoms with van der Waals surface area (Å²) in [7, 11) is -2.50. The van der Waals surface area contributed by atoms with Crippen molar-refractivity contribution < 1.29 is 17.9 Å². The molecule has 0 radical (unpaired) electrons. The van der Waals surface area contributed by atoms with Gasteiger partial charge in [-0.15, -0.1) is 0 Å². The molecule has 2 rings (SSSR count). The average Bonchev–Trinajstić information content (AvgIpc) is 2.65. The molecule has 6 nitrogen and oxygen atoms in total. The van der Waals surface area contributed by atoms with E-state index in [0.717, 1.165) is 5.56 Å². The van der Waals surface area contributed by atoms with Crippen molar-refractivity contribution in [2.75, 3.05) is 26.7 Å². The van der Waals surface area contributed by atoms with Crippen LogP contribution in [0, 0.1) is 0 Å². The molecular weight excluding hydrogens is 340 g/mol. The van der Waals surface area contributed by atoms with Crippen molar-refractivity contribution in [1.29, 1.82) is 0 Å². The van der Waals surface area contributed by atoms with Crippen molar-refractivity contribution in [3.63, 3.8) is 0 Å². The second-order valence-electron chi connectivity index (χ2n) is 5.45. The van der Waals surface area contributed by atoms with Gasteiger partial charge in [-0.1, -0.05) is 36.4 Å². The molecule has 0 atom stereocenters. The highest BCUT2D eigenvalue weighted by molar-refractivity contribution is 7.89. The number of carbonyl (C=O) groups excluding carboxylic acids is 1. The van der Waals surface area contributed by atoms with E-state index in [1.54, 1.807) is 0 Å². The predicted octanol–water partition coefficient (Wildman–Crippen LogP) is 1.67. The van der Waals surface area contributed by atoms with Gasteiger partial charge in [-0.25, -0.2) is 13.2 Å². The summed E-state index contributed by atoms with van der Waals surface area (Å²) in [6, 6.07) is 15.5. The molecule has 134 valence electrons. The molecule has 0 fully saturated rings. The zero-order valence-corrected chi connectivity index (χ0v) is 14.9. The lowest BCUT2D eigenvalue weighted by molar-refractivity contribution is 0.0600. The number of hydrogen-bond acceptors (Lipinski definition) is 5. The summed E-state index contributed by atoms with van der Waals surface area (Å²) in [5.74, 6) is -0.577. The molecule has 0 amide bonds. The van der Waals surface area contributed by atoms with Gasteiger partial charge in [-0.05, 0) is 30.2 Å². The third-order valence-electron chi connectivity index (χ3n) is 3.76. The lowest BCUT2D eigenvalue weighted by atomic mass is 10.1. The third-order valence-corrected chi connectivity index (χ3v) is 5.66. The van der Waals surface area contributed by atoms with Crippen LogP contribution in [0.25, 0.3) is 0 Å². The molecule has 0 heterocycles. The van der Waals surface area contributed by atoms with Crippen LogP contribution in [-0.4, -0.2) is 45.4 Å². The number of carbonyl (C=O) groups is 1. The molecule has 2 aromatic rings. The smallest absolute Gasteiger partial charge is 0.337 e. The number of sulfonamides is 1. The number of methoxy groups -OCH3 is 1. The van der Waals surface area contributed by atoms with E-state index >= 15 is 0 Å². The van der Waals surface area contributed by atoms with Crippen LogP contribution in [0.15, 0.2) is 59.5 Å². The monoisotopic (exact) mass is 362 g/mol. The Kier molecular flexibility index (Phi) is 6.69. The molecular formula is C18H22N2O4S. The Morgan fingerprint density at radius 2 is 1.80 bits per heavy atom. The molecule has 0 aliphatic rings. The van der Waals surface area contributed by atoms with E-state index in [0.29, 0.717) is 13.0 Å². The summed E-state index contributed by atoms with van der Waals surface area (Å²) in [5.41, 5.74) is 6.83. The minimum Gasteiger partial charge on any atom is -0.465 e. The first-order chi connectivity index (χ1) is 12.0. The first-order valence-electron chi connectivity index (χ1n) is 7.91. The van der Waals surface area contributed by atoms with Gasteiger partial charge >= 0.3 is 5.97 Å². The normalized spacial score (nSPS) is 11.5. The number of hydrogen-bond donors (Lipinski definition) is 1. The second-order valence-corrected chi connectivity index (χ2v) is 7.39. The maximum absolute atomic E-state index is 12.9. The van der Waals surface area contributed by atoms with Gasteiger partial charge in [0.25, 0.3) is 0 Å². The number of rotatable bonds is 8. The van der Waals surface area contributed by atoms with Crippen molar-refractivity contribution in [3.05, 3.63) is 65.7 Å². The Morgan fingerprint density at radius 1 is 1.08 bits per heavy atom. The molecule has 0 saturated carbocycles. The van der Waals surface area contributed by atoms with Crippen LogP contribution in [0.3, 0.4) is 0 Å². The van der Waals surface area contributed by atoms with Crippen LogP contribution in [0.5, 0.6) is 0 Å². The minimum atomic E-state index is -3.75. The largest absolute Gasteiger partial charge is 0.465 e. The van der Waals surface area contributed by atoms with E-state index in [4.69, 9.17) is 5.73 Å². The van der Waals surface area contributed by atoms with Crippen LogP contribution in [0.4, 0.5) is 0 Å². The first kappa shape index (κ1) is 19.1. The molecule has 25 heavy (non-hydrogen) atoms. The Labute approximate surface area is 148 Å². The number of esters is 1. The maximum atomic E-state index is 12.9. The summed E-state index contributed by atoms with van der Waals surface area (Å²) < 4.78 is 31.8. The number of nitrogens with two attached hydrogens (primary N) is 1. The summed E-state index contributed by atoms with van der Waals surface area (Å²) >= 11 is 0. The molecule has 0 saturated heterocycles. The molecule has 0 aliphatic heterocycles. The van der Waals surface area contributed by atoms with Gasteiger partial charge < -0.3 is 10.5 Å². The topological polar surface area (TPSA) is 89.7 Å². The molecule has 2 N–H and O–H groups in total. The fourth-order valence-corrected chi connectivity index (χ4v) is 3.95.